The second-order valence-electron chi connectivity index (χ2n) is 11.7. The molecule has 0 radical (unpaired) electrons. The van der Waals surface area contributed by atoms with Gasteiger partial charge in [0.2, 0.25) is 5.91 Å². The van der Waals surface area contributed by atoms with Crippen LogP contribution in [0.2, 0.25) is 5.02 Å². The number of benzene rings is 3. The number of amides is 1. The molecule has 0 fully saturated rings. The number of hydrogen-bond donors (Lipinski definition) is 5. The van der Waals surface area contributed by atoms with Crippen LogP contribution in [0.25, 0.3) is 10.9 Å². The van der Waals surface area contributed by atoms with E-state index in [0.717, 1.165) is 57.7 Å². The van der Waals surface area contributed by atoms with Crippen LogP contribution in [0.5, 0.6) is 0 Å². The van der Waals surface area contributed by atoms with Gasteiger partial charge < -0.3 is 16.0 Å². The predicted octanol–water partition coefficient (Wildman–Crippen LogP) is 6.47. The van der Waals surface area contributed by atoms with Crippen LogP contribution in [0.15, 0.2) is 66.7 Å². The number of hydrogen-bond acceptors (Lipinski definition) is 7. The SMILES string of the molecule is Cc1ccc2c(c1)c(CC(=O)CCCc1ccc(NC(=O)C(CS)NCCN[C@@H](C)CS)cc1)c(C)n2C(=O)c1ccc(Cl)cc1. The van der Waals surface area contributed by atoms with Crippen molar-refractivity contribution in [3.05, 3.63) is 99.7 Å². The van der Waals surface area contributed by atoms with E-state index in [4.69, 9.17) is 11.6 Å². The summed E-state index contributed by atoms with van der Waals surface area (Å²) in [6.07, 6.45) is 2.14. The highest BCUT2D eigenvalue weighted by molar-refractivity contribution is 7.80. The van der Waals surface area contributed by atoms with Crippen LogP contribution in [0.4, 0.5) is 5.69 Å². The summed E-state index contributed by atoms with van der Waals surface area (Å²) < 4.78 is 1.71. The van der Waals surface area contributed by atoms with Crippen LogP contribution >= 0.6 is 36.9 Å². The molecule has 0 spiro atoms. The molecular weight excluding hydrogens is 636 g/mol. The average Bonchev–Trinajstić information content (AvgIpc) is 3.31. The molecule has 3 N–H and O–H groups in total. The fourth-order valence-corrected chi connectivity index (χ4v) is 5.98. The number of thiol groups is 2. The van der Waals surface area contributed by atoms with Crippen LogP contribution in [0, 0.1) is 13.8 Å². The standard InChI is InChI=1S/C36H43ClN4O3S2/c1-23-7-16-34-32(19-23)31(25(3)41(34)36(44)27-10-12-28(37)13-11-27)20-30(42)6-4-5-26-8-14-29(15-9-26)40-35(43)33(22-46)39-18-17-38-24(2)21-45/h7-16,19,24,33,38-39,45-46H,4-6,17-18,20-22H2,1-3H3,(H,40,43)/t24-,33?/m0/s1. The lowest BCUT2D eigenvalue weighted by Crippen LogP contribution is -2.45. The van der Waals surface area contributed by atoms with Gasteiger partial charge in [-0.2, -0.15) is 25.3 Å². The number of nitrogens with one attached hydrogen (secondary N) is 3. The quantitative estimate of drug-likeness (QED) is 0.0693. The summed E-state index contributed by atoms with van der Waals surface area (Å²) >= 11 is 14.6. The van der Waals surface area contributed by atoms with Crippen molar-refractivity contribution in [1.29, 1.82) is 0 Å². The van der Waals surface area contributed by atoms with Gasteiger partial charge in [0.05, 0.1) is 11.6 Å². The molecule has 1 amide bonds. The molecule has 1 unspecified atom stereocenters. The van der Waals surface area contributed by atoms with Crippen molar-refractivity contribution in [3.8, 4) is 0 Å². The van der Waals surface area contributed by atoms with Gasteiger partial charge in [-0.15, -0.1) is 0 Å². The molecule has 0 aliphatic rings. The van der Waals surface area contributed by atoms with Gasteiger partial charge in [-0.1, -0.05) is 35.4 Å². The molecule has 244 valence electrons. The number of anilines is 1. The summed E-state index contributed by atoms with van der Waals surface area (Å²) in [5, 5.41) is 11.0. The molecule has 1 heterocycles. The number of rotatable bonds is 16. The molecule has 7 nitrogen and oxygen atoms in total. The maximum absolute atomic E-state index is 13.5. The molecule has 0 aliphatic carbocycles. The molecule has 46 heavy (non-hydrogen) atoms. The number of aryl methyl sites for hydroxylation is 2. The topological polar surface area (TPSA) is 92.2 Å². The van der Waals surface area contributed by atoms with Crippen molar-refractivity contribution in [1.82, 2.24) is 15.2 Å². The minimum absolute atomic E-state index is 0.128. The van der Waals surface area contributed by atoms with Crippen molar-refractivity contribution in [2.45, 2.75) is 58.5 Å². The van der Waals surface area contributed by atoms with E-state index in [1.54, 1.807) is 28.8 Å². The van der Waals surface area contributed by atoms with Gasteiger partial charge >= 0.3 is 0 Å². The lowest BCUT2D eigenvalue weighted by Gasteiger charge is -2.18. The molecule has 2 atom stereocenters. The first kappa shape index (κ1) is 35.8. The molecule has 1 aromatic heterocycles. The number of aromatic nitrogens is 1. The minimum atomic E-state index is -0.403. The van der Waals surface area contributed by atoms with E-state index in [1.165, 1.54) is 0 Å². The Hall–Kier alpha value is -3.08. The number of carbonyl (C=O) groups excluding carboxylic acids is 3. The van der Waals surface area contributed by atoms with Gasteiger partial charge in [-0.25, -0.2) is 0 Å². The third-order valence-corrected chi connectivity index (χ3v) is 9.25. The van der Waals surface area contributed by atoms with Crippen molar-refractivity contribution in [3.63, 3.8) is 0 Å². The van der Waals surface area contributed by atoms with E-state index in [-0.39, 0.29) is 24.0 Å². The molecule has 0 bridgehead atoms. The summed E-state index contributed by atoms with van der Waals surface area (Å²) in [5.74, 6) is 0.998. The van der Waals surface area contributed by atoms with E-state index < -0.39 is 6.04 Å². The molecule has 4 aromatic rings. The van der Waals surface area contributed by atoms with Gasteiger partial charge in [0.1, 0.15) is 5.78 Å². The monoisotopic (exact) mass is 678 g/mol. The molecule has 4 rings (SSSR count). The Balaban J connectivity index is 1.32. The lowest BCUT2D eigenvalue weighted by molar-refractivity contribution is -0.119. The minimum Gasteiger partial charge on any atom is -0.325 e. The molecule has 0 saturated carbocycles. The van der Waals surface area contributed by atoms with Gasteiger partial charge in [0, 0.05) is 70.8 Å². The number of ketones is 1. The average molecular weight is 679 g/mol. The van der Waals surface area contributed by atoms with Crippen LogP contribution < -0.4 is 16.0 Å². The normalized spacial score (nSPS) is 12.7. The second kappa shape index (κ2) is 17.2. The van der Waals surface area contributed by atoms with Crippen molar-refractivity contribution in [2.75, 3.05) is 29.9 Å². The fourth-order valence-electron chi connectivity index (χ4n) is 5.43. The first-order chi connectivity index (χ1) is 22.1. The van der Waals surface area contributed by atoms with E-state index in [2.05, 4.69) is 48.1 Å². The highest BCUT2D eigenvalue weighted by Gasteiger charge is 2.22. The largest absolute Gasteiger partial charge is 0.325 e. The number of fused-ring (bicyclic) bond motifs is 1. The molecule has 10 heteroatoms. The maximum atomic E-state index is 13.5. The number of halogens is 1. The number of Topliss-reactive ketones (excluding diaryl/α,β-unsaturated/α-hetero) is 1. The van der Waals surface area contributed by atoms with Crippen molar-refractivity contribution in [2.24, 2.45) is 0 Å². The van der Waals surface area contributed by atoms with Crippen LogP contribution in [0.3, 0.4) is 0 Å². The highest BCUT2D eigenvalue weighted by atomic mass is 35.5. The van der Waals surface area contributed by atoms with Gasteiger partial charge in [-0.3, -0.25) is 19.0 Å². The van der Waals surface area contributed by atoms with Crippen LogP contribution in [-0.4, -0.2) is 58.8 Å². The fraction of sp³-hybridized carbons (Fsp3) is 0.361. The third kappa shape index (κ3) is 9.48. The molecule has 0 saturated heterocycles. The molecular formula is C36H43ClN4O3S2. The first-order valence-corrected chi connectivity index (χ1v) is 17.3. The summed E-state index contributed by atoms with van der Waals surface area (Å²) in [6, 6.07) is 20.5. The Kier molecular flexibility index (Phi) is 13.4. The third-order valence-electron chi connectivity index (χ3n) is 8.08. The van der Waals surface area contributed by atoms with E-state index in [1.807, 2.05) is 56.3 Å². The zero-order valence-electron chi connectivity index (χ0n) is 26.6. The Bertz CT molecular complexity index is 1650. The van der Waals surface area contributed by atoms with E-state index in [9.17, 15) is 14.4 Å². The zero-order valence-corrected chi connectivity index (χ0v) is 29.2. The van der Waals surface area contributed by atoms with Gasteiger partial charge in [0.15, 0.2) is 0 Å². The summed E-state index contributed by atoms with van der Waals surface area (Å²) in [4.78, 5) is 39.5. The van der Waals surface area contributed by atoms with E-state index >= 15 is 0 Å². The zero-order chi connectivity index (χ0) is 33.2. The molecule has 0 aliphatic heterocycles. The Labute approximate surface area is 287 Å². The van der Waals surface area contributed by atoms with Crippen LogP contribution in [0.1, 0.15) is 52.5 Å². The summed E-state index contributed by atoms with van der Waals surface area (Å²) in [5.41, 5.74) is 5.89. The smallest absolute Gasteiger partial charge is 0.262 e. The number of nitrogens with zero attached hydrogens (tertiary/aromatic N) is 1. The van der Waals surface area contributed by atoms with Crippen molar-refractivity contribution >= 4 is 71.0 Å². The Morgan fingerprint density at radius 3 is 2.26 bits per heavy atom. The summed E-state index contributed by atoms with van der Waals surface area (Å²) in [7, 11) is 0. The van der Waals surface area contributed by atoms with Gasteiger partial charge in [-0.05, 0) is 93.3 Å². The lowest BCUT2D eigenvalue weighted by atomic mass is 10.00. The van der Waals surface area contributed by atoms with Gasteiger partial charge in [0.25, 0.3) is 5.91 Å². The van der Waals surface area contributed by atoms with Crippen molar-refractivity contribution < 1.29 is 14.4 Å². The Morgan fingerprint density at radius 1 is 0.891 bits per heavy atom. The summed E-state index contributed by atoms with van der Waals surface area (Å²) in [6.45, 7) is 7.37. The maximum Gasteiger partial charge on any atom is 0.262 e. The first-order valence-electron chi connectivity index (χ1n) is 15.6. The van der Waals surface area contributed by atoms with E-state index in [0.29, 0.717) is 41.8 Å². The predicted molar refractivity (Wildman–Crippen MR) is 196 cm³/mol. The molecule has 3 aromatic carbocycles. The number of carbonyl (C=O) groups is 3. The second-order valence-corrected chi connectivity index (χ2v) is 12.9. The Morgan fingerprint density at radius 2 is 1.59 bits per heavy atom. The highest BCUT2D eigenvalue weighted by Crippen LogP contribution is 2.29. The van der Waals surface area contributed by atoms with Crippen LogP contribution in [-0.2, 0) is 22.4 Å².